The number of carbonyl (C=O) groups excluding carboxylic acids is 10. The van der Waals surface area contributed by atoms with Gasteiger partial charge in [-0.3, -0.25) is 50.6 Å². The molecule has 0 aromatic heterocycles. The van der Waals surface area contributed by atoms with E-state index in [2.05, 4.69) is 31.3 Å². The van der Waals surface area contributed by atoms with Crippen molar-refractivity contribution in [2.24, 2.45) is 0 Å². The Balaban J connectivity index is 0.000000254. The number of ether oxygens (including phenoxy) is 10. The Hall–Kier alpha value is -15.8. The fourth-order valence-corrected chi connectivity index (χ4v) is 14.3. The first kappa shape index (κ1) is 87.0. The molecular weight excluding hydrogens is 1640 g/mol. The van der Waals surface area contributed by atoms with Crippen LogP contribution in [0.1, 0.15) is 136 Å². The van der Waals surface area contributed by atoms with Crippen LogP contribution in [0.5, 0.6) is 0 Å². The number of carbonyl (C=O) groups is 10. The van der Waals surface area contributed by atoms with E-state index >= 15 is 0 Å². The number of methoxy groups -OCH3 is 10. The number of esters is 10. The number of nitrogens with zero attached hydrogens (tertiary/aromatic N) is 5. The van der Waals surface area contributed by atoms with Crippen molar-refractivity contribution in [2.75, 3.05) is 71.0 Å². The lowest BCUT2D eigenvalue weighted by Crippen LogP contribution is -2.32. The molecule has 0 bridgehead atoms. The maximum Gasteiger partial charge on any atom is 0.336 e. The standard InChI is InChI=1S/5C17H18N2O6/c5*1-9-13(16(20)24-3)15(14(10(2)18-9)17(21)25-4)11-7-5-6-8-12(11)19(22)23/h5*5-8,15,18H,1-4H3/i15D;3D3;1D3;;. The molecule has 40 nitrogen and oxygen atoms in total. The minimum atomic E-state index is -3.03. The first-order valence-corrected chi connectivity index (χ1v) is 36.5. The van der Waals surface area contributed by atoms with Crippen LogP contribution in [0.2, 0.25) is 0 Å². The van der Waals surface area contributed by atoms with Gasteiger partial charge < -0.3 is 74.0 Å². The van der Waals surface area contributed by atoms with Crippen LogP contribution in [-0.4, -0.2) is 155 Å². The van der Waals surface area contributed by atoms with Crippen LogP contribution < -0.4 is 26.6 Å². The zero-order valence-electron chi connectivity index (χ0n) is 77.3. The minimum Gasteiger partial charge on any atom is -0.466 e. The van der Waals surface area contributed by atoms with E-state index in [1.54, 1.807) is 46.8 Å². The third-order valence-corrected chi connectivity index (χ3v) is 19.5. The Labute approximate surface area is 723 Å². The van der Waals surface area contributed by atoms with E-state index in [0.29, 0.717) is 28.5 Å². The summed E-state index contributed by atoms with van der Waals surface area (Å²) in [5.41, 5.74) is 0.567. The van der Waals surface area contributed by atoms with Gasteiger partial charge in [-0.2, -0.15) is 0 Å². The highest BCUT2D eigenvalue weighted by atomic mass is 16.6. The first-order valence-electron chi connectivity index (χ1n) is 40.0. The normalized spacial score (nSPS) is 17.0. The molecule has 5 heterocycles. The monoisotopic (exact) mass is 1740 g/mol. The minimum absolute atomic E-state index is 0.0316. The Bertz CT molecular complexity index is 5680. The lowest BCUT2D eigenvalue weighted by Gasteiger charge is -2.29. The maximum atomic E-state index is 12.6. The molecule has 0 radical (unpaired) electrons. The smallest absolute Gasteiger partial charge is 0.336 e. The van der Waals surface area contributed by atoms with Crippen molar-refractivity contribution in [2.45, 2.75) is 98.7 Å². The first-order chi connectivity index (χ1) is 61.9. The van der Waals surface area contributed by atoms with Crippen molar-refractivity contribution in [1.82, 2.24) is 26.6 Å². The van der Waals surface area contributed by atoms with Crippen molar-refractivity contribution in [3.8, 4) is 0 Å². The van der Waals surface area contributed by atoms with E-state index < -0.39 is 145 Å². The fraction of sp³-hybridized carbons (Fsp3) is 0.294. The molecule has 2 unspecified atom stereocenters. The quantitative estimate of drug-likeness (QED) is 0.0209. The highest BCUT2D eigenvalue weighted by Gasteiger charge is 2.47. The van der Waals surface area contributed by atoms with E-state index in [-0.39, 0.29) is 124 Å². The summed E-state index contributed by atoms with van der Waals surface area (Å²) >= 11 is 0. The third kappa shape index (κ3) is 21.3. The Morgan fingerprint density at radius 3 is 0.592 bits per heavy atom. The molecule has 0 aliphatic carbocycles. The van der Waals surface area contributed by atoms with Gasteiger partial charge in [0.2, 0.25) is 0 Å². The van der Waals surface area contributed by atoms with Gasteiger partial charge in [0, 0.05) is 121 Å². The number of nitrogens with one attached hydrogen (secondary N) is 5. The van der Waals surface area contributed by atoms with Crippen LogP contribution in [0, 0.1) is 50.6 Å². The van der Waals surface area contributed by atoms with E-state index in [0.717, 1.165) is 35.5 Å². The highest BCUT2D eigenvalue weighted by Crippen LogP contribution is 2.48. The SMILES string of the molecule is COC(=O)C1=C(C)NC(C)=C(C(=O)OC)C1c1ccccc1[N+](=O)[O-].COC(=O)C1=C(C)NC(C)=C(C(=O)OC)C1c1ccccc1[N+](=O)[O-].[2H]C([2H])([2H])C1=C(C(=O)OC)C(c2ccccc2[N+](=O)[O-])C(C(=O)OC)=C(C)N1.[2H]C([2H])([2H])OC(=O)C1=C(C)NC(C)=C(C(=O)OC)C1c1ccccc1[N+](=O)[O-].[2H]C1(c2ccccc2[N+](=O)[O-])C(C(=O)OC)=C(C)NC(C)=C1C(=O)OC. The number of hydrogen-bond donors (Lipinski definition) is 5. The number of nitro benzene ring substituents is 5. The van der Waals surface area contributed by atoms with Gasteiger partial charge in [-0.15, -0.1) is 0 Å². The van der Waals surface area contributed by atoms with Gasteiger partial charge in [0.1, 0.15) is 0 Å². The molecule has 5 aliphatic rings. The summed E-state index contributed by atoms with van der Waals surface area (Å²) in [4.78, 5) is 179. The zero-order valence-corrected chi connectivity index (χ0v) is 70.3. The number of allylic oxidation sites excluding steroid dienone is 10. The molecule has 40 heteroatoms. The molecule has 125 heavy (non-hydrogen) atoms. The molecule has 5 N–H and O–H groups in total. The van der Waals surface area contributed by atoms with Crippen LogP contribution in [0.4, 0.5) is 28.4 Å². The summed E-state index contributed by atoms with van der Waals surface area (Å²) in [7, 11) is 7.36. The third-order valence-electron chi connectivity index (χ3n) is 19.5. The molecule has 0 spiro atoms. The van der Waals surface area contributed by atoms with E-state index in [1.807, 2.05) is 0 Å². The van der Waals surface area contributed by atoms with Crippen LogP contribution in [0.3, 0.4) is 0 Å². The molecule has 5 aromatic rings. The second kappa shape index (κ2) is 43.4. The lowest BCUT2D eigenvalue weighted by molar-refractivity contribution is -0.385. The van der Waals surface area contributed by atoms with E-state index in [1.165, 1.54) is 165 Å². The predicted molar refractivity (Wildman–Crippen MR) is 442 cm³/mol. The molecule has 0 fully saturated rings. The van der Waals surface area contributed by atoms with E-state index in [9.17, 15) is 98.5 Å². The van der Waals surface area contributed by atoms with Crippen molar-refractivity contribution in [3.63, 3.8) is 0 Å². The molecule has 10 rings (SSSR count). The summed E-state index contributed by atoms with van der Waals surface area (Å²) in [6.45, 7) is 11.3. The lowest BCUT2D eigenvalue weighted by atomic mass is 9.79. The number of rotatable bonds is 20. The molecule has 2 atom stereocenters. The second-order valence-electron chi connectivity index (χ2n) is 26.6. The Kier molecular flexibility index (Phi) is 30.2. The highest BCUT2D eigenvalue weighted by molar-refractivity contribution is 6.04. The summed E-state index contributed by atoms with van der Waals surface area (Å²) in [5, 5.41) is 71.6. The number of benzene rings is 5. The predicted octanol–water partition coefficient (Wildman–Crippen LogP) is 10.9. The molecule has 0 saturated carbocycles. The number of hydrogen-bond acceptors (Lipinski definition) is 35. The second-order valence-corrected chi connectivity index (χ2v) is 26.6. The molecule has 5 aromatic carbocycles. The molecular formula is C85H90N10O30. The maximum absolute atomic E-state index is 12.6. The average molecular weight is 1740 g/mol. The Morgan fingerprint density at radius 1 is 0.256 bits per heavy atom. The number of dihydropyridines is 5. The van der Waals surface area contributed by atoms with Gasteiger partial charge in [-0.25, -0.2) is 47.9 Å². The van der Waals surface area contributed by atoms with Gasteiger partial charge in [0.05, 0.1) is 185 Å². The van der Waals surface area contributed by atoms with Gasteiger partial charge in [-0.05, 0) is 69.2 Å². The Morgan fingerprint density at radius 2 is 0.408 bits per heavy atom. The average Bonchev–Trinajstić information content (AvgIpc) is 0.716. The number of nitro groups is 5. The summed E-state index contributed by atoms with van der Waals surface area (Å²) in [6.07, 6.45) is 0. The van der Waals surface area contributed by atoms with Crippen LogP contribution in [-0.2, 0) is 95.3 Å². The molecule has 0 saturated heterocycles. The van der Waals surface area contributed by atoms with Crippen LogP contribution >= 0.6 is 0 Å². The number of para-hydroxylation sites is 5. The van der Waals surface area contributed by atoms with Crippen molar-refractivity contribution < 1.29 is 130 Å². The van der Waals surface area contributed by atoms with Crippen molar-refractivity contribution in [1.29, 1.82) is 0 Å². The van der Waals surface area contributed by atoms with Crippen molar-refractivity contribution in [3.05, 3.63) is 312 Å². The molecule has 5 aliphatic heterocycles. The van der Waals surface area contributed by atoms with Gasteiger partial charge >= 0.3 is 59.7 Å². The summed E-state index contributed by atoms with van der Waals surface area (Å²) in [5.74, 6) is -15.1. The summed E-state index contributed by atoms with van der Waals surface area (Å²) < 4.78 is 102. The largest absolute Gasteiger partial charge is 0.466 e. The van der Waals surface area contributed by atoms with Crippen molar-refractivity contribution >= 4 is 88.1 Å². The van der Waals surface area contributed by atoms with Gasteiger partial charge in [-0.1, -0.05) is 91.0 Å². The van der Waals surface area contributed by atoms with Gasteiger partial charge in [0.15, 0.2) is 0 Å². The molecule has 660 valence electrons. The van der Waals surface area contributed by atoms with Crippen LogP contribution in [0.15, 0.2) is 234 Å². The molecule has 0 amide bonds. The van der Waals surface area contributed by atoms with Gasteiger partial charge in [0.25, 0.3) is 28.4 Å². The fourth-order valence-electron chi connectivity index (χ4n) is 14.3. The van der Waals surface area contributed by atoms with E-state index in [4.69, 9.17) is 52.2 Å². The topological polar surface area (TPSA) is 539 Å². The zero-order chi connectivity index (χ0) is 99.5. The summed E-state index contributed by atoms with van der Waals surface area (Å²) in [6, 6.07) is 28.4. The van der Waals surface area contributed by atoms with Crippen LogP contribution in [0.25, 0.3) is 0 Å².